The molecule has 0 aliphatic rings. The van der Waals surface area contributed by atoms with Crippen molar-refractivity contribution in [2.24, 2.45) is 0 Å². The standard InChI is InChI=1S/C26H22BrN7O2/c1-3-21-29-23-14(2)10-16(13-35)28-26(23)34(21)12-15-8-9-20-19(11-15)22(27)24(36-20)17-6-4-5-7-18(17)25-30-32-33-31-25/h4-11,35H,3,12-13H2,1-2H3,(H,30,31,32,33). The summed E-state index contributed by atoms with van der Waals surface area (Å²) in [7, 11) is 0. The van der Waals surface area contributed by atoms with Crippen LogP contribution in [0.5, 0.6) is 0 Å². The normalized spacial score (nSPS) is 11.7. The van der Waals surface area contributed by atoms with Crippen molar-refractivity contribution in [3.63, 3.8) is 0 Å². The summed E-state index contributed by atoms with van der Waals surface area (Å²) in [6.45, 7) is 4.59. The van der Waals surface area contributed by atoms with Crippen LogP contribution in [0.25, 0.3) is 44.8 Å². The number of benzene rings is 2. The fraction of sp³-hybridized carbons (Fsp3) is 0.192. The number of halogens is 1. The molecular weight excluding hydrogens is 522 g/mol. The number of fused-ring (bicyclic) bond motifs is 2. The third-order valence-corrected chi connectivity index (χ3v) is 7.10. The molecule has 0 aliphatic carbocycles. The van der Waals surface area contributed by atoms with Crippen LogP contribution in [0.3, 0.4) is 0 Å². The largest absolute Gasteiger partial charge is 0.455 e. The Kier molecular flexibility index (Phi) is 5.62. The van der Waals surface area contributed by atoms with Gasteiger partial charge in [0.1, 0.15) is 22.7 Å². The number of aryl methyl sites for hydroxylation is 2. The van der Waals surface area contributed by atoms with Gasteiger partial charge in [-0.15, -0.1) is 5.10 Å². The lowest BCUT2D eigenvalue weighted by Crippen LogP contribution is -2.06. The Morgan fingerprint density at radius 3 is 2.67 bits per heavy atom. The Bertz CT molecular complexity index is 1720. The van der Waals surface area contributed by atoms with E-state index < -0.39 is 0 Å². The van der Waals surface area contributed by atoms with Crippen LogP contribution in [0.2, 0.25) is 0 Å². The van der Waals surface area contributed by atoms with Crippen molar-refractivity contribution < 1.29 is 9.52 Å². The monoisotopic (exact) mass is 543 g/mol. The summed E-state index contributed by atoms with van der Waals surface area (Å²) in [6, 6.07) is 15.9. The van der Waals surface area contributed by atoms with Gasteiger partial charge in [0, 0.05) is 22.9 Å². The van der Waals surface area contributed by atoms with E-state index in [1.165, 1.54) is 0 Å². The number of imidazole rings is 1. The summed E-state index contributed by atoms with van der Waals surface area (Å²) in [4.78, 5) is 9.51. The Balaban J connectivity index is 1.44. The summed E-state index contributed by atoms with van der Waals surface area (Å²) in [6.07, 6.45) is 0.777. The quantitative estimate of drug-likeness (QED) is 0.296. The molecule has 2 N–H and O–H groups in total. The number of aromatic nitrogens is 7. The number of nitrogens with one attached hydrogen (secondary N) is 1. The van der Waals surface area contributed by atoms with Crippen molar-refractivity contribution in [1.29, 1.82) is 0 Å². The van der Waals surface area contributed by atoms with Crippen molar-refractivity contribution >= 4 is 38.1 Å². The minimum atomic E-state index is -0.105. The molecular formula is C26H22BrN7O2. The highest BCUT2D eigenvalue weighted by Gasteiger charge is 2.20. The molecule has 2 aromatic carbocycles. The average Bonchev–Trinajstić information content (AvgIpc) is 3.63. The molecule has 6 aromatic rings. The van der Waals surface area contributed by atoms with E-state index in [4.69, 9.17) is 9.40 Å². The zero-order valence-electron chi connectivity index (χ0n) is 19.7. The molecule has 0 spiro atoms. The van der Waals surface area contributed by atoms with E-state index in [2.05, 4.69) is 65.2 Å². The third-order valence-electron chi connectivity index (χ3n) is 6.31. The number of pyridine rings is 1. The maximum Gasteiger partial charge on any atom is 0.180 e. The number of H-pyrrole nitrogens is 1. The number of aromatic amines is 1. The smallest absolute Gasteiger partial charge is 0.180 e. The van der Waals surface area contributed by atoms with Crippen molar-refractivity contribution in [2.45, 2.75) is 33.4 Å². The molecule has 0 radical (unpaired) electrons. The topological polar surface area (TPSA) is 119 Å². The average molecular weight is 544 g/mol. The Labute approximate surface area is 214 Å². The number of furan rings is 1. The highest BCUT2D eigenvalue weighted by Crippen LogP contribution is 2.41. The molecule has 36 heavy (non-hydrogen) atoms. The van der Waals surface area contributed by atoms with Gasteiger partial charge < -0.3 is 14.1 Å². The van der Waals surface area contributed by atoms with Crippen LogP contribution in [-0.4, -0.2) is 40.3 Å². The third kappa shape index (κ3) is 3.69. The van der Waals surface area contributed by atoms with Gasteiger partial charge in [0.15, 0.2) is 11.5 Å². The molecule has 180 valence electrons. The molecule has 0 saturated heterocycles. The lowest BCUT2D eigenvalue weighted by Gasteiger charge is -2.09. The minimum Gasteiger partial charge on any atom is -0.455 e. The SMILES string of the molecule is CCc1nc2c(C)cc(CO)nc2n1Cc1ccc2oc(-c3ccccc3-c3nnn[nH]3)c(Br)c2c1. The second kappa shape index (κ2) is 8.96. The second-order valence-corrected chi connectivity index (χ2v) is 9.39. The number of aliphatic hydroxyl groups is 1. The first-order valence-electron chi connectivity index (χ1n) is 11.6. The van der Waals surface area contributed by atoms with Crippen molar-refractivity contribution in [3.8, 4) is 22.7 Å². The van der Waals surface area contributed by atoms with Crippen molar-refractivity contribution in [2.75, 3.05) is 0 Å². The van der Waals surface area contributed by atoms with Gasteiger partial charge >= 0.3 is 0 Å². The molecule has 0 unspecified atom stereocenters. The first kappa shape index (κ1) is 22.6. The molecule has 0 saturated carbocycles. The molecule has 4 aromatic heterocycles. The fourth-order valence-corrected chi connectivity index (χ4v) is 5.21. The fourth-order valence-electron chi connectivity index (χ4n) is 4.60. The first-order chi connectivity index (χ1) is 17.6. The van der Waals surface area contributed by atoms with E-state index >= 15 is 0 Å². The Hall–Kier alpha value is -3.89. The minimum absolute atomic E-state index is 0.105. The van der Waals surface area contributed by atoms with E-state index in [0.717, 1.165) is 61.1 Å². The highest BCUT2D eigenvalue weighted by molar-refractivity contribution is 9.10. The number of hydrogen-bond donors (Lipinski definition) is 2. The summed E-state index contributed by atoms with van der Waals surface area (Å²) in [5.74, 6) is 2.24. The van der Waals surface area contributed by atoms with Gasteiger partial charge in [0.25, 0.3) is 0 Å². The number of tetrazole rings is 1. The zero-order valence-corrected chi connectivity index (χ0v) is 21.2. The van der Waals surface area contributed by atoms with E-state index in [-0.39, 0.29) is 6.61 Å². The van der Waals surface area contributed by atoms with Gasteiger partial charge in [-0.2, -0.15) is 0 Å². The van der Waals surface area contributed by atoms with E-state index in [0.29, 0.717) is 23.8 Å². The highest BCUT2D eigenvalue weighted by atomic mass is 79.9. The van der Waals surface area contributed by atoms with Crippen LogP contribution >= 0.6 is 15.9 Å². The maximum absolute atomic E-state index is 9.67. The van der Waals surface area contributed by atoms with Gasteiger partial charge in [-0.05, 0) is 62.6 Å². The number of rotatable bonds is 6. The van der Waals surface area contributed by atoms with Gasteiger partial charge in [0.05, 0.1) is 23.3 Å². The van der Waals surface area contributed by atoms with Crippen LogP contribution in [0.4, 0.5) is 0 Å². The molecule has 0 aliphatic heterocycles. The predicted molar refractivity (Wildman–Crippen MR) is 139 cm³/mol. The lowest BCUT2D eigenvalue weighted by molar-refractivity contribution is 0.277. The molecule has 9 nitrogen and oxygen atoms in total. The van der Waals surface area contributed by atoms with E-state index in [9.17, 15) is 5.11 Å². The number of hydrogen-bond acceptors (Lipinski definition) is 7. The van der Waals surface area contributed by atoms with Crippen LogP contribution in [-0.2, 0) is 19.6 Å². The zero-order chi connectivity index (χ0) is 24.8. The van der Waals surface area contributed by atoms with E-state index in [1.54, 1.807) is 0 Å². The van der Waals surface area contributed by atoms with Crippen LogP contribution in [0, 0.1) is 6.92 Å². The lowest BCUT2D eigenvalue weighted by atomic mass is 10.0. The Morgan fingerprint density at radius 2 is 1.92 bits per heavy atom. The first-order valence-corrected chi connectivity index (χ1v) is 12.4. The van der Waals surface area contributed by atoms with Gasteiger partial charge in [-0.25, -0.2) is 15.1 Å². The van der Waals surface area contributed by atoms with Gasteiger partial charge in [-0.3, -0.25) is 0 Å². The van der Waals surface area contributed by atoms with Gasteiger partial charge in [0.2, 0.25) is 0 Å². The van der Waals surface area contributed by atoms with Crippen LogP contribution < -0.4 is 0 Å². The number of nitrogens with zero attached hydrogens (tertiary/aromatic N) is 6. The Morgan fingerprint density at radius 1 is 1.08 bits per heavy atom. The van der Waals surface area contributed by atoms with E-state index in [1.807, 2.05) is 43.3 Å². The summed E-state index contributed by atoms with van der Waals surface area (Å²) in [5.41, 5.74) is 6.90. The molecule has 0 atom stereocenters. The second-order valence-electron chi connectivity index (χ2n) is 8.60. The predicted octanol–water partition coefficient (Wildman–Crippen LogP) is 5.20. The molecule has 0 bridgehead atoms. The van der Waals surface area contributed by atoms with Crippen molar-refractivity contribution in [1.82, 2.24) is 35.2 Å². The van der Waals surface area contributed by atoms with Gasteiger partial charge in [-0.1, -0.05) is 37.3 Å². The molecule has 10 heteroatoms. The molecule has 6 rings (SSSR count). The summed E-state index contributed by atoms with van der Waals surface area (Å²) >= 11 is 3.78. The summed E-state index contributed by atoms with van der Waals surface area (Å²) < 4.78 is 9.28. The molecule has 4 heterocycles. The van der Waals surface area contributed by atoms with Crippen molar-refractivity contribution in [3.05, 3.63) is 75.6 Å². The molecule has 0 fully saturated rings. The molecule has 0 amide bonds. The maximum atomic E-state index is 9.67. The van der Waals surface area contributed by atoms with Crippen LogP contribution in [0.15, 0.2) is 57.4 Å². The summed E-state index contributed by atoms with van der Waals surface area (Å²) in [5, 5.41) is 25.0. The number of aliphatic hydroxyl groups excluding tert-OH is 1. The van der Waals surface area contributed by atoms with Crippen LogP contribution in [0.1, 0.15) is 29.6 Å².